The molecule has 0 amide bonds. The number of rotatable bonds is 6. The highest BCUT2D eigenvalue weighted by molar-refractivity contribution is 7.90. The van der Waals surface area contributed by atoms with Crippen molar-refractivity contribution in [2.75, 3.05) is 0 Å². The van der Waals surface area contributed by atoms with Crippen molar-refractivity contribution in [2.24, 2.45) is 0 Å². The van der Waals surface area contributed by atoms with E-state index < -0.39 is 43.8 Å². The first-order chi connectivity index (χ1) is 11.1. The van der Waals surface area contributed by atoms with Crippen LogP contribution in [-0.2, 0) is 34.9 Å². The largest absolute Gasteiger partial charge is 0.524 e. The van der Waals surface area contributed by atoms with Gasteiger partial charge in [0.05, 0.1) is 0 Å². The first-order valence-electron chi connectivity index (χ1n) is 6.18. The van der Waals surface area contributed by atoms with Crippen LogP contribution in [0.25, 0.3) is 0 Å². The summed E-state index contributed by atoms with van der Waals surface area (Å²) in [5.74, 6) is 0. The quantitative estimate of drug-likeness (QED) is 0.400. The molecular formula is C10H9BF6O6S2. The highest BCUT2D eigenvalue weighted by Crippen LogP contribution is 2.28. The molecule has 0 unspecified atom stereocenters. The fourth-order valence-electron chi connectivity index (χ4n) is 1.43. The number of alkyl halides is 6. The SMILES string of the molecule is CCc1cccc(B(OS(=O)(=O)C(F)(F)F)OS(=O)(=O)C(F)(F)F)c1. The van der Waals surface area contributed by atoms with Crippen LogP contribution in [-0.4, -0.2) is 35.0 Å². The summed E-state index contributed by atoms with van der Waals surface area (Å²) < 4.78 is 126. The van der Waals surface area contributed by atoms with E-state index in [9.17, 15) is 43.2 Å². The van der Waals surface area contributed by atoms with Crippen LogP contribution >= 0.6 is 0 Å². The Hall–Kier alpha value is -1.32. The number of halogens is 6. The maximum absolute atomic E-state index is 12.4. The van der Waals surface area contributed by atoms with Crippen LogP contribution in [0.15, 0.2) is 24.3 Å². The first-order valence-corrected chi connectivity index (χ1v) is 9.00. The number of aryl methyl sites for hydroxylation is 1. The topological polar surface area (TPSA) is 86.7 Å². The predicted octanol–water partition coefficient (Wildman–Crippen LogP) is 1.68. The molecule has 0 aromatic heterocycles. The van der Waals surface area contributed by atoms with E-state index in [1.807, 2.05) is 0 Å². The lowest BCUT2D eigenvalue weighted by Gasteiger charge is -2.17. The fourth-order valence-corrected chi connectivity index (χ4v) is 2.45. The Morgan fingerprint density at radius 3 is 1.72 bits per heavy atom. The second-order valence-electron chi connectivity index (χ2n) is 4.42. The molecule has 0 aliphatic carbocycles. The van der Waals surface area contributed by atoms with Gasteiger partial charge in [0.25, 0.3) is 0 Å². The van der Waals surface area contributed by atoms with Crippen molar-refractivity contribution in [3.8, 4) is 0 Å². The molecule has 15 heteroatoms. The van der Waals surface area contributed by atoms with Gasteiger partial charge in [-0.25, -0.2) is 0 Å². The molecule has 0 aliphatic rings. The summed E-state index contributed by atoms with van der Waals surface area (Å²) in [5.41, 5.74) is -12.3. The van der Waals surface area contributed by atoms with E-state index in [-0.39, 0.29) is 6.42 Å². The van der Waals surface area contributed by atoms with Crippen LogP contribution in [0.4, 0.5) is 26.3 Å². The summed E-state index contributed by atoms with van der Waals surface area (Å²) in [6, 6.07) is 4.36. The van der Waals surface area contributed by atoms with Crippen molar-refractivity contribution in [3.05, 3.63) is 29.8 Å². The molecule has 0 heterocycles. The third-order valence-electron chi connectivity index (χ3n) is 2.63. The minimum absolute atomic E-state index is 0.263. The highest BCUT2D eigenvalue weighted by Gasteiger charge is 2.54. The zero-order valence-corrected chi connectivity index (χ0v) is 13.8. The summed E-state index contributed by atoms with van der Waals surface area (Å²) in [5, 5.41) is 0. The molecule has 0 radical (unpaired) electrons. The first kappa shape index (κ1) is 21.7. The molecule has 142 valence electrons. The van der Waals surface area contributed by atoms with Crippen molar-refractivity contribution in [2.45, 2.75) is 24.4 Å². The van der Waals surface area contributed by atoms with E-state index in [2.05, 4.69) is 8.20 Å². The monoisotopic (exact) mass is 414 g/mol. The van der Waals surface area contributed by atoms with E-state index in [1.54, 1.807) is 6.92 Å². The van der Waals surface area contributed by atoms with Crippen LogP contribution in [0.3, 0.4) is 0 Å². The summed E-state index contributed by atoms with van der Waals surface area (Å²) in [6.45, 7) is 1.58. The van der Waals surface area contributed by atoms with E-state index >= 15 is 0 Å². The van der Waals surface area contributed by atoms with Gasteiger partial charge in [0.2, 0.25) is 0 Å². The van der Waals surface area contributed by atoms with Crippen molar-refractivity contribution in [1.82, 2.24) is 0 Å². The van der Waals surface area contributed by atoms with Gasteiger partial charge in [-0.1, -0.05) is 31.2 Å². The lowest BCUT2D eigenvalue weighted by Crippen LogP contribution is -2.45. The normalized spacial score (nSPS) is 13.7. The average Bonchev–Trinajstić information content (AvgIpc) is 2.43. The Kier molecular flexibility index (Phi) is 6.19. The molecule has 6 nitrogen and oxygen atoms in total. The lowest BCUT2D eigenvalue weighted by molar-refractivity contribution is -0.0523. The third kappa shape index (κ3) is 5.33. The van der Waals surface area contributed by atoms with E-state index in [0.29, 0.717) is 5.56 Å². The molecular weight excluding hydrogens is 405 g/mol. The van der Waals surface area contributed by atoms with Crippen molar-refractivity contribution < 1.29 is 51.4 Å². The fraction of sp³-hybridized carbons (Fsp3) is 0.400. The van der Waals surface area contributed by atoms with Gasteiger partial charge in [-0.15, -0.1) is 0 Å². The molecule has 0 N–H and O–H groups in total. The smallest absolute Gasteiger partial charge is 0.286 e. The number of benzene rings is 1. The molecule has 0 saturated heterocycles. The van der Waals surface area contributed by atoms with Gasteiger partial charge >= 0.3 is 38.4 Å². The maximum atomic E-state index is 12.4. The lowest BCUT2D eigenvalue weighted by atomic mass is 9.79. The Balaban J connectivity index is 3.37. The Bertz CT molecular complexity index is 771. The zero-order valence-electron chi connectivity index (χ0n) is 12.1. The van der Waals surface area contributed by atoms with E-state index in [1.165, 1.54) is 6.07 Å². The standard InChI is InChI=1S/C10H9BF6O6S2/c1-2-7-4-3-5-8(6-7)11(22-24(18,19)9(12,13)14)23-25(20,21)10(15,16)17/h3-6H,2H2,1H3. The second-order valence-corrected chi connectivity index (χ2v) is 7.55. The van der Waals surface area contributed by atoms with Crippen LogP contribution in [0.5, 0.6) is 0 Å². The van der Waals surface area contributed by atoms with E-state index in [4.69, 9.17) is 0 Å². The van der Waals surface area contributed by atoms with Gasteiger partial charge in [-0.05, 0) is 17.4 Å². The molecule has 0 bridgehead atoms. The summed E-state index contributed by atoms with van der Waals surface area (Å²) in [7, 11) is -15.9. The minimum Gasteiger partial charge on any atom is -0.286 e. The van der Waals surface area contributed by atoms with Gasteiger partial charge < -0.3 is 0 Å². The molecule has 0 aliphatic heterocycles. The van der Waals surface area contributed by atoms with Crippen LogP contribution in [0.2, 0.25) is 0 Å². The molecule has 0 atom stereocenters. The zero-order chi connectivity index (χ0) is 19.7. The van der Waals surface area contributed by atoms with Gasteiger partial charge in [-0.2, -0.15) is 43.2 Å². The summed E-state index contributed by atoms with van der Waals surface area (Å²) in [4.78, 5) is 0. The number of hydrogen-bond acceptors (Lipinski definition) is 6. The molecule has 0 spiro atoms. The summed E-state index contributed by atoms with van der Waals surface area (Å²) >= 11 is 0. The second kappa shape index (κ2) is 7.13. The van der Waals surface area contributed by atoms with E-state index in [0.717, 1.165) is 18.2 Å². The molecule has 25 heavy (non-hydrogen) atoms. The van der Waals surface area contributed by atoms with Crippen LogP contribution in [0, 0.1) is 0 Å². The third-order valence-corrected chi connectivity index (χ3v) is 4.62. The molecule has 1 aromatic rings. The Morgan fingerprint density at radius 1 is 0.920 bits per heavy atom. The summed E-state index contributed by atoms with van der Waals surface area (Å²) in [6.07, 6.45) is 0.263. The number of hydrogen-bond donors (Lipinski definition) is 0. The van der Waals surface area contributed by atoms with Crippen LogP contribution < -0.4 is 5.46 Å². The molecule has 0 saturated carbocycles. The van der Waals surface area contributed by atoms with Gasteiger partial charge in [0, 0.05) is 0 Å². The van der Waals surface area contributed by atoms with Gasteiger partial charge in [-0.3, -0.25) is 8.20 Å². The van der Waals surface area contributed by atoms with Crippen LogP contribution in [0.1, 0.15) is 12.5 Å². The van der Waals surface area contributed by atoms with Crippen molar-refractivity contribution in [1.29, 1.82) is 0 Å². The predicted molar refractivity (Wildman–Crippen MR) is 73.3 cm³/mol. The molecule has 0 fully saturated rings. The Morgan fingerprint density at radius 2 is 1.36 bits per heavy atom. The molecule has 1 aromatic carbocycles. The van der Waals surface area contributed by atoms with Gasteiger partial charge in [0.15, 0.2) is 0 Å². The van der Waals surface area contributed by atoms with Crippen molar-refractivity contribution in [3.63, 3.8) is 0 Å². The minimum atomic E-state index is -6.44. The van der Waals surface area contributed by atoms with Crippen molar-refractivity contribution >= 4 is 32.8 Å². The average molecular weight is 414 g/mol. The highest BCUT2D eigenvalue weighted by atomic mass is 32.2. The maximum Gasteiger partial charge on any atom is 0.524 e. The molecule has 1 rings (SSSR count). The van der Waals surface area contributed by atoms with Gasteiger partial charge in [0.1, 0.15) is 0 Å². The Labute approximate surface area is 139 Å².